The Bertz CT molecular complexity index is 479. The van der Waals surface area contributed by atoms with Crippen molar-refractivity contribution >= 4 is 27.5 Å². The Morgan fingerprint density at radius 3 is 3.00 bits per heavy atom. The second-order valence-corrected chi connectivity index (χ2v) is 4.86. The minimum absolute atomic E-state index is 0.154. The summed E-state index contributed by atoms with van der Waals surface area (Å²) in [6.45, 7) is 0. The molecule has 1 fully saturated rings. The minimum Gasteiger partial charge on any atom is -0.352 e. The highest BCUT2D eigenvalue weighted by molar-refractivity contribution is 7.18. The van der Waals surface area contributed by atoms with Gasteiger partial charge < -0.3 is 5.32 Å². The number of thiazole rings is 1. The standard InChI is InChI=1S/C11H10N2OS/c14-10-5-7(12-10)6-11-13-8-3-1-2-4-9(8)15-11/h1-4,7H,5-6H2,(H,12,14)/t7-/m1/s1. The van der Waals surface area contributed by atoms with Crippen LogP contribution in [0, 0.1) is 0 Å². The number of nitrogens with one attached hydrogen (secondary N) is 1. The molecule has 0 saturated carbocycles. The smallest absolute Gasteiger partial charge is 0.222 e. The summed E-state index contributed by atoms with van der Waals surface area (Å²) in [5.74, 6) is 0.154. The summed E-state index contributed by atoms with van der Waals surface area (Å²) in [5, 5.41) is 3.98. The van der Waals surface area contributed by atoms with Gasteiger partial charge in [0.05, 0.1) is 15.2 Å². The molecular weight excluding hydrogens is 208 g/mol. The lowest BCUT2D eigenvalue weighted by molar-refractivity contribution is -0.128. The molecule has 1 aliphatic rings. The Kier molecular flexibility index (Phi) is 1.95. The molecule has 0 bridgehead atoms. The van der Waals surface area contributed by atoms with Crippen molar-refractivity contribution in [2.24, 2.45) is 0 Å². The van der Waals surface area contributed by atoms with Gasteiger partial charge in [-0.1, -0.05) is 12.1 Å². The summed E-state index contributed by atoms with van der Waals surface area (Å²) in [6, 6.07) is 8.43. The van der Waals surface area contributed by atoms with Gasteiger partial charge in [0, 0.05) is 18.9 Å². The number of fused-ring (bicyclic) bond motifs is 1. The zero-order chi connectivity index (χ0) is 10.3. The van der Waals surface area contributed by atoms with E-state index in [1.54, 1.807) is 11.3 Å². The number of hydrogen-bond donors (Lipinski definition) is 1. The number of β-lactam (4-membered cyclic amide) rings is 1. The van der Waals surface area contributed by atoms with Gasteiger partial charge in [0.1, 0.15) is 0 Å². The normalized spacial score (nSPS) is 20.0. The van der Waals surface area contributed by atoms with Gasteiger partial charge in [0.25, 0.3) is 0 Å². The van der Waals surface area contributed by atoms with Crippen LogP contribution in [0.2, 0.25) is 0 Å². The molecule has 4 heteroatoms. The molecule has 1 aromatic heterocycles. The highest BCUT2D eigenvalue weighted by atomic mass is 32.1. The van der Waals surface area contributed by atoms with Crippen LogP contribution in [0.25, 0.3) is 10.2 Å². The molecule has 0 unspecified atom stereocenters. The number of aromatic nitrogens is 1. The fourth-order valence-corrected chi connectivity index (χ4v) is 2.82. The molecular formula is C11H10N2OS. The summed E-state index contributed by atoms with van der Waals surface area (Å²) in [4.78, 5) is 15.3. The number of para-hydroxylation sites is 1. The first-order valence-electron chi connectivity index (χ1n) is 4.95. The van der Waals surface area contributed by atoms with Crippen LogP contribution in [0.4, 0.5) is 0 Å². The van der Waals surface area contributed by atoms with Crippen molar-refractivity contribution in [2.75, 3.05) is 0 Å². The molecule has 1 atom stereocenters. The van der Waals surface area contributed by atoms with Gasteiger partial charge in [-0.05, 0) is 12.1 Å². The predicted molar refractivity (Wildman–Crippen MR) is 59.9 cm³/mol. The van der Waals surface area contributed by atoms with Crippen molar-refractivity contribution in [1.82, 2.24) is 10.3 Å². The van der Waals surface area contributed by atoms with Crippen molar-refractivity contribution < 1.29 is 4.79 Å². The Balaban J connectivity index is 1.83. The largest absolute Gasteiger partial charge is 0.352 e. The first-order chi connectivity index (χ1) is 7.31. The zero-order valence-electron chi connectivity index (χ0n) is 8.06. The molecule has 1 amide bonds. The fourth-order valence-electron chi connectivity index (χ4n) is 1.77. The third kappa shape index (κ3) is 1.61. The van der Waals surface area contributed by atoms with Gasteiger partial charge in [-0.3, -0.25) is 4.79 Å². The maximum absolute atomic E-state index is 10.7. The Morgan fingerprint density at radius 2 is 2.27 bits per heavy atom. The van der Waals surface area contributed by atoms with E-state index in [0.717, 1.165) is 16.9 Å². The maximum Gasteiger partial charge on any atom is 0.222 e. The number of carbonyl (C=O) groups is 1. The zero-order valence-corrected chi connectivity index (χ0v) is 8.88. The number of nitrogens with zero attached hydrogens (tertiary/aromatic N) is 1. The number of rotatable bonds is 2. The van der Waals surface area contributed by atoms with E-state index in [9.17, 15) is 4.79 Å². The molecule has 0 spiro atoms. The van der Waals surface area contributed by atoms with E-state index >= 15 is 0 Å². The molecule has 1 aromatic carbocycles. The van der Waals surface area contributed by atoms with Crippen LogP contribution >= 0.6 is 11.3 Å². The van der Waals surface area contributed by atoms with Gasteiger partial charge in [-0.15, -0.1) is 11.3 Å². The van der Waals surface area contributed by atoms with E-state index in [0.29, 0.717) is 12.5 Å². The Morgan fingerprint density at radius 1 is 1.47 bits per heavy atom. The highest BCUT2D eigenvalue weighted by Gasteiger charge is 2.26. The number of benzene rings is 1. The van der Waals surface area contributed by atoms with Crippen LogP contribution in [0.3, 0.4) is 0 Å². The first-order valence-corrected chi connectivity index (χ1v) is 5.77. The number of amides is 1. The van der Waals surface area contributed by atoms with Crippen molar-refractivity contribution in [3.8, 4) is 0 Å². The molecule has 1 N–H and O–H groups in total. The van der Waals surface area contributed by atoms with E-state index < -0.39 is 0 Å². The molecule has 76 valence electrons. The number of hydrogen-bond acceptors (Lipinski definition) is 3. The van der Waals surface area contributed by atoms with E-state index in [2.05, 4.69) is 16.4 Å². The summed E-state index contributed by atoms with van der Waals surface area (Å²) in [5.41, 5.74) is 1.06. The minimum atomic E-state index is 0.154. The van der Waals surface area contributed by atoms with E-state index in [4.69, 9.17) is 0 Å². The summed E-state index contributed by atoms with van der Waals surface area (Å²) >= 11 is 1.71. The lowest BCUT2D eigenvalue weighted by Crippen LogP contribution is -2.49. The van der Waals surface area contributed by atoms with Gasteiger partial charge in [0.2, 0.25) is 5.91 Å². The monoisotopic (exact) mass is 218 g/mol. The molecule has 15 heavy (non-hydrogen) atoms. The summed E-state index contributed by atoms with van der Waals surface area (Å²) < 4.78 is 1.22. The molecule has 1 aliphatic heterocycles. The topological polar surface area (TPSA) is 42.0 Å². The van der Waals surface area contributed by atoms with Crippen LogP contribution < -0.4 is 5.32 Å². The third-order valence-electron chi connectivity index (χ3n) is 2.56. The lowest BCUT2D eigenvalue weighted by atomic mass is 10.0. The van der Waals surface area contributed by atoms with Gasteiger partial charge in [0.15, 0.2) is 0 Å². The summed E-state index contributed by atoms with van der Waals surface area (Å²) in [7, 11) is 0. The van der Waals surface area contributed by atoms with E-state index in [-0.39, 0.29) is 5.91 Å². The lowest BCUT2D eigenvalue weighted by Gasteiger charge is -2.25. The van der Waals surface area contributed by atoms with Gasteiger partial charge in [-0.25, -0.2) is 4.98 Å². The maximum atomic E-state index is 10.7. The molecule has 2 heterocycles. The van der Waals surface area contributed by atoms with Gasteiger partial charge >= 0.3 is 0 Å². The van der Waals surface area contributed by atoms with Gasteiger partial charge in [-0.2, -0.15) is 0 Å². The van der Waals surface area contributed by atoms with E-state index in [1.807, 2.05) is 18.2 Å². The molecule has 3 nitrogen and oxygen atoms in total. The summed E-state index contributed by atoms with van der Waals surface area (Å²) in [6.07, 6.45) is 1.51. The van der Waals surface area contributed by atoms with Crippen LogP contribution in [-0.4, -0.2) is 16.9 Å². The van der Waals surface area contributed by atoms with Crippen LogP contribution in [0.1, 0.15) is 11.4 Å². The van der Waals surface area contributed by atoms with E-state index in [1.165, 1.54) is 4.70 Å². The molecule has 3 rings (SSSR count). The van der Waals surface area contributed by atoms with Crippen LogP contribution in [0.15, 0.2) is 24.3 Å². The van der Waals surface area contributed by atoms with Crippen molar-refractivity contribution in [2.45, 2.75) is 18.9 Å². The number of carbonyl (C=O) groups excluding carboxylic acids is 1. The van der Waals surface area contributed by atoms with Crippen LogP contribution in [0.5, 0.6) is 0 Å². The Labute approximate surface area is 91.1 Å². The molecule has 0 radical (unpaired) electrons. The average molecular weight is 218 g/mol. The van der Waals surface area contributed by atoms with Crippen molar-refractivity contribution in [1.29, 1.82) is 0 Å². The Hall–Kier alpha value is -1.42. The fraction of sp³-hybridized carbons (Fsp3) is 0.273. The molecule has 0 aliphatic carbocycles. The highest BCUT2D eigenvalue weighted by Crippen LogP contribution is 2.23. The first kappa shape index (κ1) is 8.85. The third-order valence-corrected chi connectivity index (χ3v) is 3.61. The molecule has 2 aromatic rings. The second-order valence-electron chi connectivity index (χ2n) is 3.75. The molecule has 1 saturated heterocycles. The average Bonchev–Trinajstić information content (AvgIpc) is 2.57. The van der Waals surface area contributed by atoms with Crippen molar-refractivity contribution in [3.63, 3.8) is 0 Å². The second kappa shape index (κ2) is 3.31. The van der Waals surface area contributed by atoms with Crippen molar-refractivity contribution in [3.05, 3.63) is 29.3 Å². The van der Waals surface area contributed by atoms with Crippen LogP contribution in [-0.2, 0) is 11.2 Å². The SMILES string of the molecule is O=C1C[C@H](Cc2nc3ccccc3s2)N1. The predicted octanol–water partition coefficient (Wildman–Crippen LogP) is 1.73. The quantitative estimate of drug-likeness (QED) is 0.780.